The number of phosphoric ester groups is 1. The van der Waals surface area contributed by atoms with Crippen molar-refractivity contribution >= 4 is 13.7 Å². The number of aliphatic hydroxyl groups is 2. The molecule has 4 atom stereocenters. The van der Waals surface area contributed by atoms with Gasteiger partial charge in [-0.25, -0.2) is 4.57 Å². The lowest BCUT2D eigenvalue weighted by Gasteiger charge is -2.23. The van der Waals surface area contributed by atoms with Crippen LogP contribution >= 0.6 is 7.82 Å². The predicted molar refractivity (Wildman–Crippen MR) is 163 cm³/mol. The molecule has 234 valence electrons. The average Bonchev–Trinajstić information content (AvgIpc) is 2.92. The van der Waals surface area contributed by atoms with Gasteiger partial charge in [-0.1, -0.05) is 95.2 Å². The van der Waals surface area contributed by atoms with Crippen LogP contribution in [0.2, 0.25) is 0 Å². The van der Waals surface area contributed by atoms with Gasteiger partial charge >= 0.3 is 7.82 Å². The van der Waals surface area contributed by atoms with E-state index in [1.165, 1.54) is 57.4 Å². The topological polar surface area (TPSA) is 151 Å². The Labute approximate surface area is 242 Å². The molecule has 40 heavy (non-hydrogen) atoms. The zero-order valence-corrected chi connectivity index (χ0v) is 25.8. The van der Waals surface area contributed by atoms with Gasteiger partial charge in [-0.3, -0.25) is 13.8 Å². The first kappa shape index (κ1) is 38.7. The number of rotatable bonds is 27. The Morgan fingerprint density at radius 3 is 2.08 bits per heavy atom. The Balaban J connectivity index is 4.75. The molecule has 1 amide bonds. The van der Waals surface area contributed by atoms with Crippen LogP contribution in [0, 0.1) is 0 Å². The molecule has 0 aliphatic carbocycles. The van der Waals surface area contributed by atoms with Gasteiger partial charge < -0.3 is 26.2 Å². The molecule has 0 rings (SSSR count). The summed E-state index contributed by atoms with van der Waals surface area (Å²) in [4.78, 5) is 22.4. The molecule has 0 bridgehead atoms. The van der Waals surface area contributed by atoms with E-state index >= 15 is 0 Å². The second-order valence-electron chi connectivity index (χ2n) is 10.1. The first-order valence-electron chi connectivity index (χ1n) is 15.2. The zero-order chi connectivity index (χ0) is 29.9. The summed E-state index contributed by atoms with van der Waals surface area (Å²) < 4.78 is 21.8. The highest BCUT2D eigenvalue weighted by Gasteiger charge is 2.27. The lowest BCUT2D eigenvalue weighted by atomic mass is 10.1. The largest absolute Gasteiger partial charge is 0.472 e. The molecule has 0 saturated heterocycles. The molecule has 0 aromatic rings. The second-order valence-corrected chi connectivity index (χ2v) is 11.6. The monoisotopic (exact) mass is 588 g/mol. The molecule has 0 saturated carbocycles. The third-order valence-corrected chi connectivity index (χ3v) is 7.23. The van der Waals surface area contributed by atoms with Crippen molar-refractivity contribution in [3.63, 3.8) is 0 Å². The molecule has 0 heterocycles. The predicted octanol–water partition coefficient (Wildman–Crippen LogP) is 5.85. The van der Waals surface area contributed by atoms with Crippen LogP contribution in [0.15, 0.2) is 36.5 Å². The number of allylic oxidation sites excluding steroid dienone is 4. The second kappa shape index (κ2) is 26.6. The number of phosphoric acid groups is 1. The van der Waals surface area contributed by atoms with Crippen molar-refractivity contribution in [2.75, 3.05) is 19.8 Å². The molecule has 4 unspecified atom stereocenters. The van der Waals surface area contributed by atoms with Crippen molar-refractivity contribution in [3.05, 3.63) is 36.5 Å². The molecule has 0 aromatic carbocycles. The van der Waals surface area contributed by atoms with Gasteiger partial charge in [0.25, 0.3) is 0 Å². The quantitative estimate of drug-likeness (QED) is 0.0456. The number of amides is 1. The molecule has 9 nitrogen and oxygen atoms in total. The molecular weight excluding hydrogens is 531 g/mol. The number of nitrogens with two attached hydrogens (primary N) is 1. The summed E-state index contributed by atoms with van der Waals surface area (Å²) in [5.74, 6) is -0.498. The molecule has 0 spiro atoms. The minimum Gasteiger partial charge on any atom is -0.392 e. The van der Waals surface area contributed by atoms with Crippen LogP contribution in [0.25, 0.3) is 0 Å². The number of carbonyl (C=O) groups is 1. The van der Waals surface area contributed by atoms with Crippen LogP contribution in [0.1, 0.15) is 110 Å². The minimum absolute atomic E-state index is 0.0395. The summed E-state index contributed by atoms with van der Waals surface area (Å²) in [5.41, 5.74) is 5.30. The van der Waals surface area contributed by atoms with Crippen LogP contribution in [-0.4, -0.2) is 59.0 Å². The Hall–Kier alpha value is -1.32. The fraction of sp³-hybridized carbons (Fsp3) is 0.767. The van der Waals surface area contributed by atoms with Crippen LogP contribution in [0.5, 0.6) is 0 Å². The molecule has 6 N–H and O–H groups in total. The summed E-state index contributed by atoms with van der Waals surface area (Å²) in [6.45, 7) is 3.78. The fourth-order valence-electron chi connectivity index (χ4n) is 3.89. The van der Waals surface area contributed by atoms with Crippen molar-refractivity contribution in [2.24, 2.45) is 5.73 Å². The highest BCUT2D eigenvalue weighted by molar-refractivity contribution is 7.47. The SMILES string of the molecule is CCCCCC/C=C\CC(O)CC(=O)NC(COP(=O)(O)OCCN)C(O)/C=C/CC/C=C/CCCCCCC. The molecule has 0 aromatic heterocycles. The number of carbonyl (C=O) groups excluding carboxylic acids is 1. The van der Waals surface area contributed by atoms with Crippen molar-refractivity contribution in [1.29, 1.82) is 0 Å². The van der Waals surface area contributed by atoms with Gasteiger partial charge in [-0.15, -0.1) is 0 Å². The van der Waals surface area contributed by atoms with E-state index in [0.717, 1.165) is 25.7 Å². The summed E-state index contributed by atoms with van der Waals surface area (Å²) >= 11 is 0. The van der Waals surface area contributed by atoms with E-state index in [1.807, 2.05) is 12.2 Å². The van der Waals surface area contributed by atoms with Gasteiger partial charge in [0.05, 0.1) is 37.9 Å². The van der Waals surface area contributed by atoms with E-state index in [2.05, 4.69) is 31.3 Å². The molecular formula is C30H57N2O7P. The van der Waals surface area contributed by atoms with Crippen molar-refractivity contribution in [1.82, 2.24) is 5.32 Å². The van der Waals surface area contributed by atoms with Gasteiger partial charge in [-0.05, 0) is 44.9 Å². The van der Waals surface area contributed by atoms with Gasteiger partial charge in [0.2, 0.25) is 5.91 Å². The van der Waals surface area contributed by atoms with E-state index < -0.39 is 38.6 Å². The number of hydrogen-bond acceptors (Lipinski definition) is 7. The van der Waals surface area contributed by atoms with Gasteiger partial charge in [0.1, 0.15) is 0 Å². The lowest BCUT2D eigenvalue weighted by molar-refractivity contribution is -0.124. The molecule has 0 aliphatic heterocycles. The smallest absolute Gasteiger partial charge is 0.392 e. The molecule has 0 radical (unpaired) electrons. The maximum atomic E-state index is 12.6. The lowest BCUT2D eigenvalue weighted by Crippen LogP contribution is -2.46. The molecule has 0 aliphatic rings. The van der Waals surface area contributed by atoms with Crippen LogP contribution < -0.4 is 11.1 Å². The van der Waals surface area contributed by atoms with Crippen molar-refractivity contribution in [3.8, 4) is 0 Å². The first-order chi connectivity index (χ1) is 19.3. The van der Waals surface area contributed by atoms with E-state index in [-0.39, 0.29) is 19.6 Å². The first-order valence-corrected chi connectivity index (χ1v) is 16.7. The van der Waals surface area contributed by atoms with Crippen LogP contribution in [-0.2, 0) is 18.4 Å². The van der Waals surface area contributed by atoms with Crippen LogP contribution in [0.3, 0.4) is 0 Å². The van der Waals surface area contributed by atoms with Crippen molar-refractivity contribution in [2.45, 2.75) is 128 Å². The third kappa shape index (κ3) is 24.5. The Morgan fingerprint density at radius 2 is 1.43 bits per heavy atom. The Morgan fingerprint density at radius 1 is 0.850 bits per heavy atom. The fourth-order valence-corrected chi connectivity index (χ4v) is 4.65. The third-order valence-electron chi connectivity index (χ3n) is 6.24. The summed E-state index contributed by atoms with van der Waals surface area (Å²) in [5, 5.41) is 23.5. The Bertz CT molecular complexity index is 746. The number of aliphatic hydroxyl groups excluding tert-OH is 2. The van der Waals surface area contributed by atoms with Gasteiger partial charge in [0, 0.05) is 6.54 Å². The Kier molecular flexibility index (Phi) is 25.7. The number of nitrogens with one attached hydrogen (secondary N) is 1. The van der Waals surface area contributed by atoms with E-state index in [4.69, 9.17) is 14.8 Å². The van der Waals surface area contributed by atoms with E-state index in [0.29, 0.717) is 12.8 Å². The summed E-state index contributed by atoms with van der Waals surface area (Å²) in [6, 6.07) is -1.01. The zero-order valence-electron chi connectivity index (χ0n) is 24.9. The number of unbranched alkanes of at least 4 members (excludes halogenated alkanes) is 10. The standard InChI is InChI=1S/C30H57N2O7P/c1-3-5-7-9-11-12-13-14-16-18-20-22-29(34)28(26-39-40(36,37)38-24-23-31)32-30(35)25-27(33)21-19-17-15-10-8-6-4-2/h13-14,17,19-20,22,27-29,33-34H,3-12,15-16,18,21,23-26,31H2,1-2H3,(H,32,35)(H,36,37)/b14-13+,19-17-,22-20+. The highest BCUT2D eigenvalue weighted by atomic mass is 31.2. The number of hydrogen-bond donors (Lipinski definition) is 5. The van der Waals surface area contributed by atoms with Crippen molar-refractivity contribution < 1.29 is 33.5 Å². The maximum absolute atomic E-state index is 12.6. The maximum Gasteiger partial charge on any atom is 0.472 e. The minimum atomic E-state index is -4.39. The highest BCUT2D eigenvalue weighted by Crippen LogP contribution is 2.43. The normalized spacial score (nSPS) is 16.1. The molecule has 10 heteroatoms. The summed E-state index contributed by atoms with van der Waals surface area (Å²) in [7, 11) is -4.39. The summed E-state index contributed by atoms with van der Waals surface area (Å²) in [6.07, 6.45) is 24.1. The van der Waals surface area contributed by atoms with E-state index in [9.17, 15) is 24.5 Å². The van der Waals surface area contributed by atoms with Crippen LogP contribution in [0.4, 0.5) is 0 Å². The van der Waals surface area contributed by atoms with Gasteiger partial charge in [-0.2, -0.15) is 0 Å². The van der Waals surface area contributed by atoms with E-state index in [1.54, 1.807) is 6.08 Å². The molecule has 0 fully saturated rings. The van der Waals surface area contributed by atoms with Gasteiger partial charge in [0.15, 0.2) is 0 Å². The average molecular weight is 589 g/mol.